The largest absolute Gasteiger partial charge is 0.455 e. The van der Waals surface area contributed by atoms with Gasteiger partial charge in [0.2, 0.25) is 0 Å². The molecule has 0 radical (unpaired) electrons. The summed E-state index contributed by atoms with van der Waals surface area (Å²) in [5, 5.41) is 4.36. The Hall–Kier alpha value is -7.62. The molecule has 0 amide bonds. The van der Waals surface area contributed by atoms with Gasteiger partial charge in [0.05, 0.1) is 11.1 Å². The fourth-order valence-corrected chi connectivity index (χ4v) is 10.0. The lowest BCUT2D eigenvalue weighted by molar-refractivity contribution is 0.662. The average Bonchev–Trinajstić information content (AvgIpc) is 3.96. The van der Waals surface area contributed by atoms with Crippen LogP contribution in [0.1, 0.15) is 25.0 Å². The van der Waals surface area contributed by atoms with Crippen LogP contribution in [0.25, 0.3) is 88.4 Å². The van der Waals surface area contributed by atoms with E-state index in [1.165, 1.54) is 33.4 Å². The van der Waals surface area contributed by atoms with Crippen LogP contribution in [0.5, 0.6) is 0 Å². The van der Waals surface area contributed by atoms with Gasteiger partial charge in [-0.15, -0.1) is 0 Å². The molecule has 3 heteroatoms. The predicted molar refractivity (Wildman–Crippen MR) is 250 cm³/mol. The lowest BCUT2D eigenvalue weighted by Gasteiger charge is -2.27. The number of furan rings is 2. The van der Waals surface area contributed by atoms with E-state index in [1.807, 2.05) is 18.2 Å². The van der Waals surface area contributed by atoms with Crippen LogP contribution in [0.4, 0.5) is 17.1 Å². The molecule has 0 saturated heterocycles. The summed E-state index contributed by atoms with van der Waals surface area (Å²) >= 11 is 0. The highest BCUT2D eigenvalue weighted by atomic mass is 16.3. The van der Waals surface area contributed by atoms with Crippen molar-refractivity contribution in [2.24, 2.45) is 0 Å². The molecule has 9 aromatic carbocycles. The maximum atomic E-state index is 6.94. The first-order chi connectivity index (χ1) is 29.5. The van der Waals surface area contributed by atoms with Gasteiger partial charge in [0.25, 0.3) is 0 Å². The number of anilines is 3. The highest BCUT2D eigenvalue weighted by molar-refractivity contribution is 6.18. The first kappa shape index (κ1) is 34.4. The Bertz CT molecular complexity index is 3460. The minimum atomic E-state index is -0.107. The summed E-state index contributed by atoms with van der Waals surface area (Å²) in [6.07, 6.45) is 0. The second-order valence-electron chi connectivity index (χ2n) is 16.4. The zero-order valence-corrected chi connectivity index (χ0v) is 33.3. The summed E-state index contributed by atoms with van der Waals surface area (Å²) in [6, 6.07) is 71.6. The average molecular weight is 770 g/mol. The summed E-state index contributed by atoms with van der Waals surface area (Å²) in [5.41, 5.74) is 18.7. The minimum absolute atomic E-state index is 0.107. The Morgan fingerprint density at radius 2 is 0.900 bits per heavy atom. The standard InChI is InChI=1S/C57H39NO2/c1-57(2)49-27-11-8-20-42(49)44-24-14-23-39(54(44)57)36-30-32-38(33-31-36)58(37-16-4-3-5-17-37)50-35-34-47(56-53(50)48-22-10-13-29-52(48)60-56)41-19-7-6-18-40(41)45-25-15-26-46-43-21-9-12-28-51(43)59-55(45)46/h3-35H,1-2H3. The van der Waals surface area contributed by atoms with Gasteiger partial charge in [0.15, 0.2) is 0 Å². The topological polar surface area (TPSA) is 29.5 Å². The number of hydrogen-bond donors (Lipinski definition) is 0. The van der Waals surface area contributed by atoms with Crippen LogP contribution < -0.4 is 4.90 Å². The van der Waals surface area contributed by atoms with Gasteiger partial charge in [-0.05, 0) is 93.0 Å². The van der Waals surface area contributed by atoms with E-state index in [9.17, 15) is 0 Å². The lowest BCUT2D eigenvalue weighted by atomic mass is 9.79. The highest BCUT2D eigenvalue weighted by Crippen LogP contribution is 2.53. The van der Waals surface area contributed by atoms with Gasteiger partial charge in [0, 0.05) is 44.1 Å². The van der Waals surface area contributed by atoms with Crippen molar-refractivity contribution in [3.63, 3.8) is 0 Å². The van der Waals surface area contributed by atoms with E-state index in [0.29, 0.717) is 0 Å². The molecule has 0 spiro atoms. The van der Waals surface area contributed by atoms with Crippen LogP contribution in [0.3, 0.4) is 0 Å². The van der Waals surface area contributed by atoms with Crippen molar-refractivity contribution in [2.45, 2.75) is 19.3 Å². The van der Waals surface area contributed by atoms with Crippen molar-refractivity contribution in [1.82, 2.24) is 0 Å². The quantitative estimate of drug-likeness (QED) is 0.169. The molecule has 0 unspecified atom stereocenters. The van der Waals surface area contributed by atoms with Crippen LogP contribution in [0.15, 0.2) is 209 Å². The number of nitrogens with zero attached hydrogens (tertiary/aromatic N) is 1. The van der Waals surface area contributed by atoms with E-state index >= 15 is 0 Å². The zero-order valence-electron chi connectivity index (χ0n) is 33.3. The molecule has 2 aromatic heterocycles. The van der Waals surface area contributed by atoms with Crippen molar-refractivity contribution in [3.05, 3.63) is 211 Å². The van der Waals surface area contributed by atoms with E-state index in [4.69, 9.17) is 8.83 Å². The Kier molecular flexibility index (Phi) is 7.58. The van der Waals surface area contributed by atoms with Gasteiger partial charge in [-0.3, -0.25) is 0 Å². The van der Waals surface area contributed by atoms with Gasteiger partial charge >= 0.3 is 0 Å². The lowest BCUT2D eigenvalue weighted by Crippen LogP contribution is -2.16. The van der Waals surface area contributed by atoms with Crippen molar-refractivity contribution in [3.8, 4) is 44.5 Å². The number of para-hydroxylation sites is 4. The monoisotopic (exact) mass is 769 g/mol. The first-order valence-corrected chi connectivity index (χ1v) is 20.7. The number of rotatable bonds is 6. The molecule has 0 fully saturated rings. The van der Waals surface area contributed by atoms with Crippen molar-refractivity contribution >= 4 is 60.9 Å². The van der Waals surface area contributed by atoms with Crippen LogP contribution >= 0.6 is 0 Å². The molecule has 1 aliphatic carbocycles. The third-order valence-corrected chi connectivity index (χ3v) is 12.7. The van der Waals surface area contributed by atoms with E-state index in [0.717, 1.165) is 83.2 Å². The second-order valence-corrected chi connectivity index (χ2v) is 16.4. The van der Waals surface area contributed by atoms with Crippen molar-refractivity contribution < 1.29 is 8.83 Å². The minimum Gasteiger partial charge on any atom is -0.455 e. The molecule has 12 rings (SSSR count). The summed E-state index contributed by atoms with van der Waals surface area (Å²) < 4.78 is 13.5. The maximum absolute atomic E-state index is 6.94. The van der Waals surface area contributed by atoms with Gasteiger partial charge in [-0.25, -0.2) is 0 Å². The third-order valence-electron chi connectivity index (χ3n) is 12.7. The number of hydrogen-bond acceptors (Lipinski definition) is 3. The van der Waals surface area contributed by atoms with Crippen molar-refractivity contribution in [2.75, 3.05) is 4.90 Å². The second kappa shape index (κ2) is 13.2. The van der Waals surface area contributed by atoms with Crippen LogP contribution in [-0.2, 0) is 5.41 Å². The molecular formula is C57H39NO2. The number of benzene rings is 9. The Morgan fingerprint density at radius 1 is 0.367 bits per heavy atom. The smallest absolute Gasteiger partial charge is 0.145 e. The van der Waals surface area contributed by atoms with Gasteiger partial charge in [0.1, 0.15) is 22.3 Å². The van der Waals surface area contributed by atoms with E-state index < -0.39 is 0 Å². The molecule has 0 N–H and O–H groups in total. The molecule has 0 atom stereocenters. The normalized spacial score (nSPS) is 13.0. The summed E-state index contributed by atoms with van der Waals surface area (Å²) in [6.45, 7) is 4.71. The van der Waals surface area contributed by atoms with E-state index in [-0.39, 0.29) is 5.41 Å². The Morgan fingerprint density at radius 3 is 1.68 bits per heavy atom. The van der Waals surface area contributed by atoms with Crippen LogP contribution in [0, 0.1) is 0 Å². The molecule has 0 bridgehead atoms. The van der Waals surface area contributed by atoms with E-state index in [2.05, 4.69) is 201 Å². The molecule has 0 aliphatic heterocycles. The predicted octanol–water partition coefficient (Wildman–Crippen LogP) is 16.3. The Labute approximate surface area is 348 Å². The first-order valence-electron chi connectivity index (χ1n) is 20.7. The molecule has 1 aliphatic rings. The zero-order chi connectivity index (χ0) is 40.0. The highest BCUT2D eigenvalue weighted by Gasteiger charge is 2.37. The van der Waals surface area contributed by atoms with Gasteiger partial charge in [-0.2, -0.15) is 0 Å². The summed E-state index contributed by atoms with van der Waals surface area (Å²) in [4.78, 5) is 2.37. The summed E-state index contributed by atoms with van der Waals surface area (Å²) in [5.74, 6) is 0. The van der Waals surface area contributed by atoms with Gasteiger partial charge in [-0.1, -0.05) is 166 Å². The maximum Gasteiger partial charge on any atom is 0.145 e. The van der Waals surface area contributed by atoms with Gasteiger partial charge < -0.3 is 13.7 Å². The van der Waals surface area contributed by atoms with Crippen LogP contribution in [0.2, 0.25) is 0 Å². The van der Waals surface area contributed by atoms with Crippen molar-refractivity contribution in [1.29, 1.82) is 0 Å². The summed E-state index contributed by atoms with van der Waals surface area (Å²) in [7, 11) is 0. The van der Waals surface area contributed by atoms with E-state index in [1.54, 1.807) is 0 Å². The third kappa shape index (κ3) is 5.09. The molecule has 3 nitrogen and oxygen atoms in total. The fourth-order valence-electron chi connectivity index (χ4n) is 10.0. The SMILES string of the molecule is CC1(C)c2ccccc2-c2cccc(-c3ccc(N(c4ccccc4)c4ccc(-c5ccccc5-c5cccc6c5oc5ccccc56)c5oc6ccccc6c45)cc3)c21. The molecule has 11 aromatic rings. The Balaban J connectivity index is 1.04. The molecule has 284 valence electrons. The fraction of sp³-hybridized carbons (Fsp3) is 0.0526. The molecular weight excluding hydrogens is 731 g/mol. The molecule has 60 heavy (non-hydrogen) atoms. The van der Waals surface area contributed by atoms with Crippen LogP contribution in [-0.4, -0.2) is 0 Å². The molecule has 0 saturated carbocycles. The number of fused-ring (bicyclic) bond motifs is 9. The molecule has 2 heterocycles.